The highest BCUT2D eigenvalue weighted by Crippen LogP contribution is 2.17. The van der Waals surface area contributed by atoms with Gasteiger partial charge in [-0.05, 0) is 45.4 Å². The minimum atomic E-state index is -0.239. The number of hydrogen-bond donors (Lipinski definition) is 1. The van der Waals surface area contributed by atoms with Crippen LogP contribution in [-0.2, 0) is 0 Å². The van der Waals surface area contributed by atoms with Gasteiger partial charge in [-0.25, -0.2) is 9.97 Å². The Morgan fingerprint density at radius 2 is 1.81 bits per heavy atom. The van der Waals surface area contributed by atoms with Gasteiger partial charge >= 0.3 is 0 Å². The molecule has 7 nitrogen and oxygen atoms in total. The number of hydrogen-bond acceptors (Lipinski definition) is 6. The van der Waals surface area contributed by atoms with E-state index in [1.807, 2.05) is 18.7 Å². The first-order valence-electron chi connectivity index (χ1n) is 11.2. The second-order valence-corrected chi connectivity index (χ2v) is 8.07. The Kier molecular flexibility index (Phi) is 8.91. The summed E-state index contributed by atoms with van der Waals surface area (Å²) < 4.78 is 0. The molecule has 1 N–H and O–H groups in total. The number of carbonyl (C=O) groups is 1. The number of carbonyl (C=O) groups excluding carboxylic acids is 1. The SMILES string of the molecule is CCN(CC)c1ncc(Cl)c(C(=O)NCCCCN2CCN(c3ccccc3)CC2)n1. The molecule has 1 amide bonds. The number of aromatic nitrogens is 2. The average molecular weight is 445 g/mol. The predicted octanol–water partition coefficient (Wildman–Crippen LogP) is 3.31. The van der Waals surface area contributed by atoms with Crippen molar-refractivity contribution in [2.24, 2.45) is 0 Å². The third kappa shape index (κ3) is 6.55. The van der Waals surface area contributed by atoms with Crippen molar-refractivity contribution >= 4 is 29.1 Å². The van der Waals surface area contributed by atoms with Gasteiger partial charge in [0.1, 0.15) is 0 Å². The topological polar surface area (TPSA) is 64.6 Å². The monoisotopic (exact) mass is 444 g/mol. The highest BCUT2D eigenvalue weighted by Gasteiger charge is 2.18. The van der Waals surface area contributed by atoms with E-state index in [0.29, 0.717) is 12.5 Å². The maximum absolute atomic E-state index is 12.5. The van der Waals surface area contributed by atoms with Crippen molar-refractivity contribution in [3.8, 4) is 0 Å². The number of unbranched alkanes of at least 4 members (excludes halogenated alkanes) is 1. The standard InChI is InChI=1S/C23H33ClN6O/c1-3-29(4-2)23-26-18-20(24)21(27-23)22(31)25-12-8-9-13-28-14-16-30(17-15-28)19-10-6-5-7-11-19/h5-7,10-11,18H,3-4,8-9,12-17H2,1-2H3,(H,25,31). The van der Waals surface area contributed by atoms with E-state index in [1.165, 1.54) is 11.9 Å². The molecule has 0 radical (unpaired) electrons. The molecule has 0 unspecified atom stereocenters. The van der Waals surface area contributed by atoms with Gasteiger partial charge in [-0.1, -0.05) is 29.8 Å². The molecule has 0 saturated carbocycles. The summed E-state index contributed by atoms with van der Waals surface area (Å²) in [5.74, 6) is 0.298. The van der Waals surface area contributed by atoms with Gasteiger partial charge < -0.3 is 15.1 Å². The van der Waals surface area contributed by atoms with E-state index < -0.39 is 0 Å². The van der Waals surface area contributed by atoms with E-state index in [4.69, 9.17) is 11.6 Å². The molecule has 1 aromatic carbocycles. The number of benzene rings is 1. The number of para-hydroxylation sites is 1. The molecule has 2 aromatic rings. The summed E-state index contributed by atoms with van der Waals surface area (Å²) in [5, 5.41) is 3.23. The summed E-state index contributed by atoms with van der Waals surface area (Å²) in [6, 6.07) is 10.6. The second kappa shape index (κ2) is 11.9. The zero-order valence-electron chi connectivity index (χ0n) is 18.6. The number of nitrogens with one attached hydrogen (secondary N) is 1. The Bertz CT molecular complexity index is 822. The lowest BCUT2D eigenvalue weighted by Gasteiger charge is -2.36. The predicted molar refractivity (Wildman–Crippen MR) is 127 cm³/mol. The molecule has 0 aliphatic carbocycles. The van der Waals surface area contributed by atoms with E-state index in [1.54, 1.807) is 0 Å². The van der Waals surface area contributed by atoms with Crippen molar-refractivity contribution in [3.63, 3.8) is 0 Å². The highest BCUT2D eigenvalue weighted by molar-refractivity contribution is 6.33. The Hall–Kier alpha value is -2.38. The molecule has 1 saturated heterocycles. The van der Waals surface area contributed by atoms with Crippen LogP contribution in [0, 0.1) is 0 Å². The van der Waals surface area contributed by atoms with Gasteiger partial charge in [0.25, 0.3) is 5.91 Å². The molecule has 1 aliphatic heterocycles. The van der Waals surface area contributed by atoms with E-state index in [9.17, 15) is 4.79 Å². The van der Waals surface area contributed by atoms with Crippen LogP contribution in [0.4, 0.5) is 11.6 Å². The zero-order valence-corrected chi connectivity index (χ0v) is 19.3. The summed E-state index contributed by atoms with van der Waals surface area (Å²) in [5.41, 5.74) is 1.55. The lowest BCUT2D eigenvalue weighted by atomic mass is 10.2. The van der Waals surface area contributed by atoms with E-state index in [2.05, 4.69) is 55.4 Å². The largest absolute Gasteiger partial charge is 0.369 e. The molecule has 0 atom stereocenters. The molecule has 31 heavy (non-hydrogen) atoms. The fourth-order valence-corrected chi connectivity index (χ4v) is 3.97. The van der Waals surface area contributed by atoms with E-state index in [0.717, 1.165) is 58.7 Å². The van der Waals surface area contributed by atoms with Crippen LogP contribution in [-0.4, -0.2) is 73.1 Å². The first-order chi connectivity index (χ1) is 15.1. The molecule has 1 aliphatic rings. The third-order valence-electron chi connectivity index (χ3n) is 5.67. The third-order valence-corrected chi connectivity index (χ3v) is 5.95. The van der Waals surface area contributed by atoms with Crippen LogP contribution < -0.4 is 15.1 Å². The van der Waals surface area contributed by atoms with Crippen molar-refractivity contribution in [3.05, 3.63) is 47.2 Å². The maximum atomic E-state index is 12.5. The number of nitrogens with zero attached hydrogens (tertiary/aromatic N) is 5. The van der Waals surface area contributed by atoms with Crippen molar-refractivity contribution in [1.29, 1.82) is 0 Å². The Balaban J connectivity index is 1.37. The second-order valence-electron chi connectivity index (χ2n) is 7.67. The van der Waals surface area contributed by atoms with Gasteiger partial charge in [-0.3, -0.25) is 9.69 Å². The van der Waals surface area contributed by atoms with E-state index >= 15 is 0 Å². The minimum Gasteiger partial charge on any atom is -0.369 e. The van der Waals surface area contributed by atoms with Crippen LogP contribution in [0.1, 0.15) is 37.2 Å². The van der Waals surface area contributed by atoms with E-state index in [-0.39, 0.29) is 16.6 Å². The molecule has 0 spiro atoms. The van der Waals surface area contributed by atoms with Crippen molar-refractivity contribution < 1.29 is 4.79 Å². The smallest absolute Gasteiger partial charge is 0.271 e. The molecule has 168 valence electrons. The molecule has 1 fully saturated rings. The summed E-state index contributed by atoms with van der Waals surface area (Å²) >= 11 is 6.16. The summed E-state index contributed by atoms with van der Waals surface area (Å²) in [6.45, 7) is 11.5. The lowest BCUT2D eigenvalue weighted by Crippen LogP contribution is -2.46. The summed E-state index contributed by atoms with van der Waals surface area (Å²) in [4.78, 5) is 28.1. The van der Waals surface area contributed by atoms with Gasteiger partial charge in [0.2, 0.25) is 5.95 Å². The Morgan fingerprint density at radius 3 is 2.48 bits per heavy atom. The lowest BCUT2D eigenvalue weighted by molar-refractivity contribution is 0.0947. The van der Waals surface area contributed by atoms with Gasteiger partial charge in [0.15, 0.2) is 5.69 Å². The van der Waals surface area contributed by atoms with Gasteiger partial charge in [-0.15, -0.1) is 0 Å². The minimum absolute atomic E-state index is 0.239. The first kappa shape index (κ1) is 23.3. The summed E-state index contributed by atoms with van der Waals surface area (Å²) in [7, 11) is 0. The van der Waals surface area contributed by atoms with Crippen LogP contribution in [0.2, 0.25) is 5.02 Å². The Morgan fingerprint density at radius 1 is 1.10 bits per heavy atom. The number of halogens is 1. The fraction of sp³-hybridized carbons (Fsp3) is 0.522. The first-order valence-corrected chi connectivity index (χ1v) is 11.6. The van der Waals surface area contributed by atoms with Crippen LogP contribution >= 0.6 is 11.6 Å². The van der Waals surface area contributed by atoms with Crippen molar-refractivity contribution in [2.45, 2.75) is 26.7 Å². The normalized spacial score (nSPS) is 14.5. The molecule has 0 bridgehead atoms. The van der Waals surface area contributed by atoms with Crippen LogP contribution in [0.5, 0.6) is 0 Å². The molecular weight excluding hydrogens is 412 g/mol. The maximum Gasteiger partial charge on any atom is 0.271 e. The van der Waals surface area contributed by atoms with Gasteiger partial charge in [-0.2, -0.15) is 0 Å². The molecule has 8 heteroatoms. The number of anilines is 2. The van der Waals surface area contributed by atoms with Gasteiger partial charge in [0, 0.05) is 51.5 Å². The number of piperazine rings is 1. The number of rotatable bonds is 10. The quantitative estimate of drug-likeness (QED) is 0.567. The zero-order chi connectivity index (χ0) is 22.1. The highest BCUT2D eigenvalue weighted by atomic mass is 35.5. The fourth-order valence-electron chi connectivity index (χ4n) is 3.79. The average Bonchev–Trinajstić information content (AvgIpc) is 2.81. The number of amides is 1. The van der Waals surface area contributed by atoms with Crippen LogP contribution in [0.15, 0.2) is 36.5 Å². The molecular formula is C23H33ClN6O. The molecule has 2 heterocycles. The Labute approximate surface area is 190 Å². The van der Waals surface area contributed by atoms with Gasteiger partial charge in [0.05, 0.1) is 11.2 Å². The van der Waals surface area contributed by atoms with Crippen LogP contribution in [0.25, 0.3) is 0 Å². The molecule has 3 rings (SSSR count). The van der Waals surface area contributed by atoms with Crippen molar-refractivity contribution in [2.75, 3.05) is 62.2 Å². The summed E-state index contributed by atoms with van der Waals surface area (Å²) in [6.07, 6.45) is 3.48. The van der Waals surface area contributed by atoms with Crippen molar-refractivity contribution in [1.82, 2.24) is 20.2 Å². The molecule has 1 aromatic heterocycles. The van der Waals surface area contributed by atoms with Crippen LogP contribution in [0.3, 0.4) is 0 Å².